The number of aromatic nitrogens is 6. The summed E-state index contributed by atoms with van der Waals surface area (Å²) in [7, 11) is 4.24. The number of hydrogen-bond donors (Lipinski definition) is 1. The van der Waals surface area contributed by atoms with Crippen molar-refractivity contribution in [2.45, 2.75) is 12.5 Å². The molecule has 200 valence electrons. The summed E-state index contributed by atoms with van der Waals surface area (Å²) < 4.78 is 43.3. The summed E-state index contributed by atoms with van der Waals surface area (Å²) in [5.74, 6) is 3.33. The lowest BCUT2D eigenvalue weighted by atomic mass is 10.1. The van der Waals surface area contributed by atoms with Gasteiger partial charge >= 0.3 is 0 Å². The minimum absolute atomic E-state index is 0.118. The van der Waals surface area contributed by atoms with Crippen LogP contribution in [0.1, 0.15) is 23.7 Å². The number of ether oxygens (including phenoxy) is 2. The molecule has 1 atom stereocenters. The van der Waals surface area contributed by atoms with Gasteiger partial charge in [-0.1, -0.05) is 12.5 Å². The molecule has 4 heterocycles. The second kappa shape index (κ2) is 10.1. The van der Waals surface area contributed by atoms with Gasteiger partial charge in [-0.2, -0.15) is 10.2 Å². The van der Waals surface area contributed by atoms with Crippen molar-refractivity contribution in [3.05, 3.63) is 54.1 Å². The number of pyridine rings is 1. The summed E-state index contributed by atoms with van der Waals surface area (Å²) in [5.41, 5.74) is 7.04. The number of anilines is 1. The number of aryl methyl sites for hydroxylation is 1. The van der Waals surface area contributed by atoms with Gasteiger partial charge in [0.2, 0.25) is 5.91 Å². The fraction of sp³-hybridized carbons (Fsp3) is 0.269. The van der Waals surface area contributed by atoms with Gasteiger partial charge in [0.25, 0.3) is 0 Å². The van der Waals surface area contributed by atoms with Gasteiger partial charge in [0, 0.05) is 32.4 Å². The predicted octanol–water partition coefficient (Wildman–Crippen LogP) is 2.46. The number of hydrogen-bond acceptors (Lipinski definition) is 8. The molecule has 13 heteroatoms. The third kappa shape index (κ3) is 4.29. The zero-order chi connectivity index (χ0) is 27.8. The highest BCUT2D eigenvalue weighted by Crippen LogP contribution is 2.36. The third-order valence-corrected chi connectivity index (χ3v) is 6.58. The number of nitrogen functional groups attached to an aromatic ring is 1. The van der Waals surface area contributed by atoms with Gasteiger partial charge in [-0.3, -0.25) is 9.48 Å². The molecular formula is C26H24F2N8O3. The van der Waals surface area contributed by atoms with Crippen molar-refractivity contribution in [2.24, 2.45) is 7.05 Å². The van der Waals surface area contributed by atoms with Gasteiger partial charge in [0.15, 0.2) is 29.0 Å². The van der Waals surface area contributed by atoms with Crippen LogP contribution < -0.4 is 15.2 Å². The Morgan fingerprint density at radius 1 is 1.21 bits per heavy atom. The number of nitrogens with zero attached hydrogens (tertiary/aromatic N) is 7. The molecule has 39 heavy (non-hydrogen) atoms. The van der Waals surface area contributed by atoms with Gasteiger partial charge in [-0.25, -0.2) is 23.4 Å². The standard InChI is InChI=1S/C26H24F2N8O3/c1-5-20(37)35-9-8-14(12-35)36-24-16(26-31-13-32-34(26)2)11-30-25(29)21(24)17(33-36)7-6-15-22(27)18(38-3)10-19(39-4)23(15)28/h5,10-11,13-14H,1,8-9,12H2,2-4H3,(H2,29,30). The number of carbonyl (C=O) groups is 1. The van der Waals surface area contributed by atoms with E-state index in [4.69, 9.17) is 20.3 Å². The average molecular weight is 535 g/mol. The van der Waals surface area contributed by atoms with E-state index in [9.17, 15) is 13.6 Å². The molecule has 1 aliphatic heterocycles. The number of methoxy groups -OCH3 is 2. The minimum atomic E-state index is -0.979. The molecule has 1 aromatic carbocycles. The van der Waals surface area contributed by atoms with Crippen molar-refractivity contribution in [1.29, 1.82) is 0 Å². The maximum atomic E-state index is 15.0. The number of carbonyl (C=O) groups excluding carboxylic acids is 1. The first-order chi connectivity index (χ1) is 18.8. The van der Waals surface area contributed by atoms with Gasteiger partial charge in [0.05, 0.1) is 36.7 Å². The van der Waals surface area contributed by atoms with Crippen LogP contribution in [0.15, 0.2) is 31.2 Å². The molecule has 1 aliphatic rings. The Labute approximate surface area is 221 Å². The maximum Gasteiger partial charge on any atom is 0.246 e. The molecule has 0 saturated carbocycles. The fourth-order valence-electron chi connectivity index (χ4n) is 4.64. The molecule has 0 spiro atoms. The maximum absolute atomic E-state index is 15.0. The SMILES string of the molecule is C=CC(=O)N1CCC(n2nc(C#Cc3c(F)c(OC)cc(OC)c3F)c3c(N)ncc(-c4ncnn4C)c32)C1. The van der Waals surface area contributed by atoms with Gasteiger partial charge in [0.1, 0.15) is 23.4 Å². The second-order valence-electron chi connectivity index (χ2n) is 8.75. The highest BCUT2D eigenvalue weighted by molar-refractivity contribution is 6.01. The van der Waals surface area contributed by atoms with Crippen LogP contribution in [-0.4, -0.2) is 67.6 Å². The van der Waals surface area contributed by atoms with Crippen molar-refractivity contribution in [3.8, 4) is 34.7 Å². The normalized spacial score (nSPS) is 14.8. The number of rotatable bonds is 5. The number of nitrogens with two attached hydrogens (primary N) is 1. The summed E-state index contributed by atoms with van der Waals surface area (Å²) in [6.07, 6.45) is 4.82. The number of benzene rings is 1. The van der Waals surface area contributed by atoms with E-state index in [1.54, 1.807) is 27.5 Å². The van der Waals surface area contributed by atoms with Gasteiger partial charge in [-0.05, 0) is 18.4 Å². The molecule has 4 aromatic rings. The van der Waals surface area contributed by atoms with Crippen molar-refractivity contribution < 1.29 is 23.0 Å². The van der Waals surface area contributed by atoms with Crippen molar-refractivity contribution in [2.75, 3.05) is 33.0 Å². The van der Waals surface area contributed by atoms with Crippen LogP contribution in [0.4, 0.5) is 14.6 Å². The third-order valence-electron chi connectivity index (χ3n) is 6.58. The molecule has 2 N–H and O–H groups in total. The van der Waals surface area contributed by atoms with Crippen LogP contribution in [0.5, 0.6) is 11.5 Å². The van der Waals surface area contributed by atoms with Crippen molar-refractivity contribution >= 4 is 22.6 Å². The molecule has 11 nitrogen and oxygen atoms in total. The van der Waals surface area contributed by atoms with E-state index in [2.05, 4.69) is 33.5 Å². The Kier molecular flexibility index (Phi) is 6.61. The number of fused-ring (bicyclic) bond motifs is 1. The number of halogens is 2. The molecule has 1 saturated heterocycles. The van der Waals surface area contributed by atoms with Crippen LogP contribution in [0, 0.1) is 23.5 Å². The lowest BCUT2D eigenvalue weighted by Gasteiger charge is -2.16. The molecule has 0 radical (unpaired) electrons. The smallest absolute Gasteiger partial charge is 0.246 e. The summed E-state index contributed by atoms with van der Waals surface area (Å²) in [5, 5.41) is 9.24. The second-order valence-corrected chi connectivity index (χ2v) is 8.75. The van der Waals surface area contributed by atoms with Gasteiger partial charge in [-0.15, -0.1) is 0 Å². The number of amides is 1. The first-order valence-corrected chi connectivity index (χ1v) is 11.8. The van der Waals surface area contributed by atoms with Gasteiger partial charge < -0.3 is 20.1 Å². The van der Waals surface area contributed by atoms with E-state index < -0.39 is 17.2 Å². The molecule has 5 rings (SSSR count). The van der Waals surface area contributed by atoms with Crippen LogP contribution >= 0.6 is 0 Å². The van der Waals surface area contributed by atoms with Crippen LogP contribution in [0.3, 0.4) is 0 Å². The Morgan fingerprint density at radius 2 is 1.92 bits per heavy atom. The summed E-state index contributed by atoms with van der Waals surface area (Å²) >= 11 is 0. The van der Waals surface area contributed by atoms with Crippen LogP contribution in [0.25, 0.3) is 22.3 Å². The molecule has 0 bridgehead atoms. The average Bonchev–Trinajstić information content (AvgIpc) is 3.68. The Hall–Kier alpha value is -4.99. The molecule has 3 aromatic heterocycles. The highest BCUT2D eigenvalue weighted by atomic mass is 19.1. The van der Waals surface area contributed by atoms with E-state index in [1.165, 1.54) is 26.6 Å². The Morgan fingerprint density at radius 3 is 2.54 bits per heavy atom. The first-order valence-electron chi connectivity index (χ1n) is 11.8. The summed E-state index contributed by atoms with van der Waals surface area (Å²) in [6, 6.07) is 0.858. The van der Waals surface area contributed by atoms with Crippen LogP contribution in [-0.2, 0) is 11.8 Å². The lowest BCUT2D eigenvalue weighted by Crippen LogP contribution is -2.27. The summed E-state index contributed by atoms with van der Waals surface area (Å²) in [6.45, 7) is 4.43. The summed E-state index contributed by atoms with van der Waals surface area (Å²) in [4.78, 5) is 22.6. The lowest BCUT2D eigenvalue weighted by molar-refractivity contribution is -0.125. The minimum Gasteiger partial charge on any atom is -0.493 e. The van der Waals surface area contributed by atoms with Crippen molar-refractivity contribution in [3.63, 3.8) is 0 Å². The predicted molar refractivity (Wildman–Crippen MR) is 138 cm³/mol. The molecule has 1 fully saturated rings. The molecular weight excluding hydrogens is 510 g/mol. The molecule has 1 amide bonds. The van der Waals surface area contributed by atoms with E-state index in [0.29, 0.717) is 41.8 Å². The highest BCUT2D eigenvalue weighted by Gasteiger charge is 2.31. The van der Waals surface area contributed by atoms with E-state index in [1.807, 2.05) is 0 Å². The first kappa shape index (κ1) is 25.7. The zero-order valence-corrected chi connectivity index (χ0v) is 21.4. The fourth-order valence-corrected chi connectivity index (χ4v) is 4.64. The largest absolute Gasteiger partial charge is 0.493 e. The Balaban J connectivity index is 1.74. The molecule has 1 unspecified atom stereocenters. The van der Waals surface area contributed by atoms with E-state index in [0.717, 1.165) is 6.07 Å². The van der Waals surface area contributed by atoms with Crippen LogP contribution in [0.2, 0.25) is 0 Å². The van der Waals surface area contributed by atoms with E-state index in [-0.39, 0.29) is 35.0 Å². The molecule has 0 aliphatic carbocycles. The zero-order valence-electron chi connectivity index (χ0n) is 21.4. The monoisotopic (exact) mass is 534 g/mol. The quantitative estimate of drug-likeness (QED) is 0.306. The Bertz CT molecular complexity index is 1660. The van der Waals surface area contributed by atoms with E-state index >= 15 is 0 Å². The topological polar surface area (TPSA) is 126 Å². The number of likely N-dealkylation sites (tertiary alicyclic amines) is 1. The van der Waals surface area contributed by atoms with Crippen molar-refractivity contribution in [1.82, 2.24) is 34.4 Å².